The van der Waals surface area contributed by atoms with E-state index in [2.05, 4.69) is 92.0 Å². The average molecular weight is 429 g/mol. The highest BCUT2D eigenvalue weighted by molar-refractivity contribution is 5.91. The van der Waals surface area contributed by atoms with Crippen LogP contribution in [-0.4, -0.2) is 16.7 Å². The van der Waals surface area contributed by atoms with Crippen molar-refractivity contribution in [1.29, 1.82) is 0 Å². The highest BCUT2D eigenvalue weighted by atomic mass is 16.5. The first-order valence-corrected chi connectivity index (χ1v) is 11.6. The maximum Gasteiger partial charge on any atom is 0.128 e. The number of benzene rings is 2. The minimum absolute atomic E-state index is 0.157. The second kappa shape index (κ2) is 10.0. The number of aromatic nitrogens is 2. The SMILES string of the molecule is CC.COc1cccc2c1c(C(C)(c1ccc(C)cc1)C(C)C)cn2Cc1ccccn1. The highest BCUT2D eigenvalue weighted by Gasteiger charge is 2.36. The minimum Gasteiger partial charge on any atom is -0.496 e. The third kappa shape index (κ3) is 4.29. The molecule has 0 N–H and O–H groups in total. The molecule has 0 aliphatic rings. The van der Waals surface area contributed by atoms with Crippen LogP contribution < -0.4 is 4.74 Å². The van der Waals surface area contributed by atoms with Gasteiger partial charge in [0.1, 0.15) is 5.75 Å². The predicted octanol–water partition coefficient (Wildman–Crippen LogP) is 7.39. The molecule has 0 fully saturated rings. The van der Waals surface area contributed by atoms with E-state index in [0.29, 0.717) is 5.92 Å². The first-order chi connectivity index (χ1) is 15.4. The number of ether oxygens (including phenoxy) is 1. The molecule has 168 valence electrons. The van der Waals surface area contributed by atoms with E-state index >= 15 is 0 Å². The molecular weight excluding hydrogens is 392 g/mol. The van der Waals surface area contributed by atoms with E-state index in [1.54, 1.807) is 7.11 Å². The number of hydrogen-bond donors (Lipinski definition) is 0. The minimum atomic E-state index is -0.157. The van der Waals surface area contributed by atoms with E-state index < -0.39 is 0 Å². The molecule has 2 heterocycles. The van der Waals surface area contributed by atoms with Crippen LogP contribution in [0.3, 0.4) is 0 Å². The van der Waals surface area contributed by atoms with Gasteiger partial charge in [0.15, 0.2) is 0 Å². The van der Waals surface area contributed by atoms with Crippen molar-refractivity contribution in [3.05, 3.63) is 95.4 Å². The Labute approximate surface area is 193 Å². The van der Waals surface area contributed by atoms with E-state index in [4.69, 9.17) is 4.74 Å². The Morgan fingerprint density at radius 2 is 1.69 bits per heavy atom. The summed E-state index contributed by atoms with van der Waals surface area (Å²) in [4.78, 5) is 4.55. The summed E-state index contributed by atoms with van der Waals surface area (Å²) >= 11 is 0. The molecule has 4 aromatic rings. The lowest BCUT2D eigenvalue weighted by Gasteiger charge is -2.35. The maximum absolute atomic E-state index is 5.83. The summed E-state index contributed by atoms with van der Waals surface area (Å²) in [6.07, 6.45) is 4.16. The topological polar surface area (TPSA) is 27.1 Å². The van der Waals surface area contributed by atoms with Gasteiger partial charge in [-0.25, -0.2) is 0 Å². The van der Waals surface area contributed by atoms with Gasteiger partial charge in [-0.3, -0.25) is 4.98 Å². The Morgan fingerprint density at radius 1 is 0.969 bits per heavy atom. The van der Waals surface area contributed by atoms with Gasteiger partial charge in [-0.15, -0.1) is 0 Å². The highest BCUT2D eigenvalue weighted by Crippen LogP contribution is 2.45. The second-order valence-corrected chi connectivity index (χ2v) is 8.57. The van der Waals surface area contributed by atoms with Crippen molar-refractivity contribution in [3.63, 3.8) is 0 Å². The van der Waals surface area contributed by atoms with Crippen molar-refractivity contribution in [1.82, 2.24) is 9.55 Å². The van der Waals surface area contributed by atoms with Crippen LogP contribution in [0.15, 0.2) is 73.1 Å². The maximum atomic E-state index is 5.83. The molecule has 0 spiro atoms. The van der Waals surface area contributed by atoms with E-state index in [9.17, 15) is 0 Å². The normalized spacial score (nSPS) is 12.9. The van der Waals surface area contributed by atoms with Crippen molar-refractivity contribution in [3.8, 4) is 5.75 Å². The summed E-state index contributed by atoms with van der Waals surface area (Å²) in [6.45, 7) is 13.8. The molecule has 0 bridgehead atoms. The van der Waals surface area contributed by atoms with Crippen LogP contribution in [0, 0.1) is 12.8 Å². The van der Waals surface area contributed by atoms with Crippen LogP contribution in [0.2, 0.25) is 0 Å². The summed E-state index contributed by atoms with van der Waals surface area (Å²) < 4.78 is 8.14. The first kappa shape index (κ1) is 23.6. The van der Waals surface area contributed by atoms with Gasteiger partial charge in [0.05, 0.1) is 24.9 Å². The molecular formula is C29H36N2O. The Hall–Kier alpha value is -3.07. The lowest BCUT2D eigenvalue weighted by atomic mass is 9.68. The molecule has 32 heavy (non-hydrogen) atoms. The molecule has 1 unspecified atom stereocenters. The van der Waals surface area contributed by atoms with Gasteiger partial charge in [0, 0.05) is 23.2 Å². The summed E-state index contributed by atoms with van der Waals surface area (Å²) in [7, 11) is 1.76. The van der Waals surface area contributed by atoms with Gasteiger partial charge in [-0.05, 0) is 48.2 Å². The van der Waals surface area contributed by atoms with Gasteiger partial charge >= 0.3 is 0 Å². The molecule has 1 atom stereocenters. The molecule has 0 aliphatic carbocycles. The summed E-state index contributed by atoms with van der Waals surface area (Å²) in [5.74, 6) is 1.32. The fourth-order valence-corrected chi connectivity index (χ4v) is 4.38. The summed E-state index contributed by atoms with van der Waals surface area (Å²) in [5, 5.41) is 1.19. The summed E-state index contributed by atoms with van der Waals surface area (Å²) in [5.41, 5.74) is 5.96. The fourth-order valence-electron chi connectivity index (χ4n) is 4.38. The van der Waals surface area contributed by atoms with Gasteiger partial charge in [-0.2, -0.15) is 0 Å². The molecule has 0 saturated heterocycles. The first-order valence-electron chi connectivity index (χ1n) is 11.6. The van der Waals surface area contributed by atoms with Crippen LogP contribution in [0.4, 0.5) is 0 Å². The van der Waals surface area contributed by atoms with Crippen molar-refractivity contribution < 1.29 is 4.74 Å². The zero-order chi connectivity index (χ0) is 23.3. The van der Waals surface area contributed by atoms with Crippen LogP contribution in [0.5, 0.6) is 5.75 Å². The smallest absolute Gasteiger partial charge is 0.128 e. The van der Waals surface area contributed by atoms with Crippen molar-refractivity contribution in [2.75, 3.05) is 7.11 Å². The number of pyridine rings is 1. The Morgan fingerprint density at radius 3 is 2.28 bits per heavy atom. The predicted molar refractivity (Wildman–Crippen MR) is 136 cm³/mol. The number of rotatable bonds is 6. The van der Waals surface area contributed by atoms with Crippen molar-refractivity contribution in [2.24, 2.45) is 5.92 Å². The Balaban J connectivity index is 0.00000141. The number of hydrogen-bond acceptors (Lipinski definition) is 2. The van der Waals surface area contributed by atoms with Crippen molar-refractivity contribution in [2.45, 2.75) is 53.5 Å². The number of aryl methyl sites for hydroxylation is 1. The van der Waals surface area contributed by atoms with Crippen LogP contribution in [-0.2, 0) is 12.0 Å². The molecule has 0 aliphatic heterocycles. The third-order valence-electron chi connectivity index (χ3n) is 6.51. The quantitative estimate of drug-likeness (QED) is 0.320. The largest absolute Gasteiger partial charge is 0.496 e. The lowest BCUT2D eigenvalue weighted by Crippen LogP contribution is -2.30. The van der Waals surface area contributed by atoms with Gasteiger partial charge in [0.2, 0.25) is 0 Å². The lowest BCUT2D eigenvalue weighted by molar-refractivity contribution is 0.401. The Bertz CT molecular complexity index is 1140. The molecule has 0 saturated carbocycles. The molecule has 3 nitrogen and oxygen atoms in total. The van der Waals surface area contributed by atoms with Crippen LogP contribution >= 0.6 is 0 Å². The van der Waals surface area contributed by atoms with E-state index in [1.165, 1.54) is 27.6 Å². The molecule has 0 amide bonds. The van der Waals surface area contributed by atoms with Crippen LogP contribution in [0.1, 0.15) is 57.0 Å². The van der Waals surface area contributed by atoms with Crippen LogP contribution in [0.25, 0.3) is 10.9 Å². The van der Waals surface area contributed by atoms with Gasteiger partial charge in [0.25, 0.3) is 0 Å². The molecule has 3 heteroatoms. The molecule has 2 aromatic heterocycles. The zero-order valence-corrected chi connectivity index (χ0v) is 20.5. The zero-order valence-electron chi connectivity index (χ0n) is 20.5. The molecule has 2 aromatic carbocycles. The number of methoxy groups -OCH3 is 1. The van der Waals surface area contributed by atoms with E-state index in [0.717, 1.165) is 18.0 Å². The van der Waals surface area contributed by atoms with Gasteiger partial charge < -0.3 is 9.30 Å². The monoisotopic (exact) mass is 428 g/mol. The molecule has 0 radical (unpaired) electrons. The second-order valence-electron chi connectivity index (χ2n) is 8.57. The third-order valence-corrected chi connectivity index (χ3v) is 6.51. The molecule has 4 rings (SSSR count). The standard InChI is InChI=1S/C27H30N2O.C2H6/c1-19(2)27(4,21-14-12-20(3)13-15-21)23-18-29(17-22-9-6-7-16-28-22)24-10-8-11-25(30-5)26(23)24;1-2/h6-16,18-19H,17H2,1-5H3;1-2H3. The Kier molecular flexibility index (Phi) is 7.40. The average Bonchev–Trinajstić information content (AvgIpc) is 3.20. The van der Waals surface area contributed by atoms with Gasteiger partial charge in [-0.1, -0.05) is 76.6 Å². The number of fused-ring (bicyclic) bond motifs is 1. The summed E-state index contributed by atoms with van der Waals surface area (Å²) in [6, 6.07) is 21.3. The fraction of sp³-hybridized carbons (Fsp3) is 0.345. The van der Waals surface area contributed by atoms with E-state index in [-0.39, 0.29) is 5.41 Å². The number of nitrogens with zero attached hydrogens (tertiary/aromatic N) is 2. The van der Waals surface area contributed by atoms with Crippen molar-refractivity contribution >= 4 is 10.9 Å². The van der Waals surface area contributed by atoms with E-state index in [1.807, 2.05) is 32.2 Å².